The molecule has 1 aromatic carbocycles. The van der Waals surface area contributed by atoms with Gasteiger partial charge < -0.3 is 62.4 Å². The number of carbonyl (C=O) groups is 11. The quantitative estimate of drug-likeness (QED) is 0.0324. The second-order valence-electron chi connectivity index (χ2n) is 17.5. The number of hydrogen-bond acceptors (Lipinski definition) is 18. The molecule has 1 aliphatic heterocycles. The second kappa shape index (κ2) is 31.3. The maximum absolute atomic E-state index is 14.1. The van der Waals surface area contributed by atoms with Crippen molar-refractivity contribution in [1.29, 1.82) is 0 Å². The van der Waals surface area contributed by atoms with Crippen LogP contribution >= 0.6 is 0 Å². The lowest BCUT2D eigenvalue weighted by Crippen LogP contribution is -2.58. The summed E-state index contributed by atoms with van der Waals surface area (Å²) in [5.74, 6) is -12.4. The Morgan fingerprint density at radius 1 is 0.514 bits per heavy atom. The molecule has 1 saturated heterocycles. The number of carboxylic acid groups (broad SMARTS) is 7. The number of rotatable bonds is 32. The number of benzene rings is 1. The first-order valence-corrected chi connectivity index (χ1v) is 23.3. The predicted octanol–water partition coefficient (Wildman–Crippen LogP) is -6.00. The van der Waals surface area contributed by atoms with Crippen molar-refractivity contribution >= 4 is 76.3 Å². The molecule has 2 atom stereocenters. The first-order valence-electron chi connectivity index (χ1n) is 23.3. The van der Waals surface area contributed by atoms with Crippen molar-refractivity contribution in [3.05, 3.63) is 36.0 Å². The van der Waals surface area contributed by atoms with Gasteiger partial charge in [-0.2, -0.15) is 0 Å². The topological polar surface area (TPSA) is 430 Å². The third-order valence-electron chi connectivity index (χ3n) is 11.6. The summed E-state index contributed by atoms with van der Waals surface area (Å²) in [5.41, 5.74) is 7.08. The number of nitrogens with two attached hydrogens (primary N) is 1. The van der Waals surface area contributed by atoms with Crippen LogP contribution in [0.15, 0.2) is 30.5 Å². The van der Waals surface area contributed by atoms with Crippen LogP contribution in [-0.4, -0.2) is 297 Å². The number of amides is 4. The van der Waals surface area contributed by atoms with Gasteiger partial charge in [-0.05, 0) is 11.6 Å². The minimum Gasteiger partial charge on any atom is -0.480 e. The molecule has 1 aromatic heterocycles. The van der Waals surface area contributed by atoms with Crippen LogP contribution in [0, 0.1) is 0 Å². The molecule has 4 amide bonds. The van der Waals surface area contributed by atoms with Gasteiger partial charge in [-0.3, -0.25) is 87.0 Å². The van der Waals surface area contributed by atoms with E-state index in [1.165, 1.54) is 14.7 Å². The number of para-hydroxylation sites is 1. The van der Waals surface area contributed by atoms with E-state index in [1.54, 1.807) is 40.3 Å². The molecule has 30 heteroatoms. The predicted molar refractivity (Wildman–Crippen MR) is 257 cm³/mol. The highest BCUT2D eigenvalue weighted by Crippen LogP contribution is 2.19. The zero-order valence-corrected chi connectivity index (χ0v) is 40.6. The van der Waals surface area contributed by atoms with E-state index in [9.17, 15) is 88.5 Å². The summed E-state index contributed by atoms with van der Waals surface area (Å²) >= 11 is 0. The van der Waals surface area contributed by atoms with E-state index >= 15 is 0 Å². The van der Waals surface area contributed by atoms with E-state index < -0.39 is 136 Å². The van der Waals surface area contributed by atoms with E-state index in [-0.39, 0.29) is 91.5 Å². The van der Waals surface area contributed by atoms with Crippen LogP contribution in [0.5, 0.6) is 0 Å². The van der Waals surface area contributed by atoms with Crippen molar-refractivity contribution in [1.82, 2.24) is 55.2 Å². The summed E-state index contributed by atoms with van der Waals surface area (Å²) in [6, 6.07) is 4.14. The smallest absolute Gasteiger partial charge is 0.317 e. The molecule has 1 fully saturated rings. The van der Waals surface area contributed by atoms with Crippen LogP contribution in [0.25, 0.3) is 10.9 Å². The molecule has 74 heavy (non-hydrogen) atoms. The third kappa shape index (κ3) is 24.4. The Balaban J connectivity index is 1.86. The molecule has 0 radical (unpaired) electrons. The lowest BCUT2D eigenvalue weighted by Gasteiger charge is -2.33. The Bertz CT molecular complexity index is 2230. The van der Waals surface area contributed by atoms with Gasteiger partial charge in [0.25, 0.3) is 0 Å². The Hall–Kier alpha value is -7.35. The molecule has 0 bridgehead atoms. The van der Waals surface area contributed by atoms with Crippen molar-refractivity contribution < 1.29 is 88.5 Å². The second-order valence-corrected chi connectivity index (χ2v) is 17.5. The summed E-state index contributed by atoms with van der Waals surface area (Å²) in [5, 5.41) is 74.6. The maximum Gasteiger partial charge on any atom is 0.317 e. The average Bonchev–Trinajstić information content (AvgIpc) is 3.70. The zero-order valence-electron chi connectivity index (χ0n) is 40.6. The van der Waals surface area contributed by atoms with Crippen molar-refractivity contribution in [2.45, 2.75) is 18.5 Å². The van der Waals surface area contributed by atoms with Crippen molar-refractivity contribution in [2.75, 3.05) is 144 Å². The summed E-state index contributed by atoms with van der Waals surface area (Å²) in [4.78, 5) is 148. The Kier molecular flexibility index (Phi) is 25.8. The number of aromatic amines is 1. The molecule has 0 saturated carbocycles. The largest absolute Gasteiger partial charge is 0.480 e. The fraction of sp³-hybridized carbons (Fsp3) is 0.568. The molecule has 1 aliphatic rings. The number of hydrogen-bond donors (Lipinski definition) is 12. The van der Waals surface area contributed by atoms with Gasteiger partial charge in [-0.1, -0.05) is 18.2 Å². The minimum absolute atomic E-state index is 0.0365. The average molecular weight is 1050 g/mol. The van der Waals surface area contributed by atoms with Gasteiger partial charge in [0.1, 0.15) is 12.1 Å². The molecule has 410 valence electrons. The minimum atomic E-state index is -1.63. The lowest BCUT2D eigenvalue weighted by molar-refractivity contribution is -0.143. The fourth-order valence-electron chi connectivity index (χ4n) is 7.96. The highest BCUT2D eigenvalue weighted by atomic mass is 16.4. The number of carboxylic acids is 7. The first-order chi connectivity index (χ1) is 34.9. The number of nitrogens with zero attached hydrogens (tertiary/aromatic N) is 7. The molecule has 2 aromatic rings. The van der Waals surface area contributed by atoms with Crippen molar-refractivity contribution in [2.24, 2.45) is 5.73 Å². The number of aliphatic carboxylic acids is 7. The normalized spacial score (nSPS) is 15.4. The first kappa shape index (κ1) is 61.0. The number of carbonyl (C=O) groups excluding carboxylic acids is 4. The Morgan fingerprint density at radius 2 is 0.919 bits per heavy atom. The number of primary amides is 1. The van der Waals surface area contributed by atoms with E-state index in [0.717, 1.165) is 20.7 Å². The maximum atomic E-state index is 14.1. The summed E-state index contributed by atoms with van der Waals surface area (Å²) in [7, 11) is 0. The molecular formula is C44H66N12O18. The SMILES string of the molecule is NC(=O)[C@H](Cc1c[nH]c2ccccc12)NC(=O)[C@H](CNC(=O)CN(CCN(CCN(CC(=O)O)CC(=O)O)CC(=O)O)CC(=O)O)NC(=O)CN1CCN(CC(=O)O)CCN(CC(=O)O)CCN(CC(=O)O)CC1. The van der Waals surface area contributed by atoms with Crippen molar-refractivity contribution in [3.8, 4) is 0 Å². The highest BCUT2D eigenvalue weighted by Gasteiger charge is 2.29. The zero-order chi connectivity index (χ0) is 54.9. The number of fused-ring (bicyclic) bond motifs is 1. The number of aromatic nitrogens is 1. The van der Waals surface area contributed by atoms with Gasteiger partial charge in [-0.25, -0.2) is 0 Å². The van der Waals surface area contributed by atoms with Crippen LogP contribution < -0.4 is 21.7 Å². The van der Waals surface area contributed by atoms with Gasteiger partial charge >= 0.3 is 41.8 Å². The molecule has 30 nitrogen and oxygen atoms in total. The van der Waals surface area contributed by atoms with Crippen LogP contribution in [0.1, 0.15) is 5.56 Å². The molecule has 0 spiro atoms. The molecule has 3 rings (SSSR count). The van der Waals surface area contributed by atoms with Gasteiger partial charge in [0.2, 0.25) is 23.6 Å². The van der Waals surface area contributed by atoms with Gasteiger partial charge in [0.15, 0.2) is 0 Å². The molecular weight excluding hydrogens is 985 g/mol. The van der Waals surface area contributed by atoms with Crippen LogP contribution in [0.3, 0.4) is 0 Å². The van der Waals surface area contributed by atoms with Gasteiger partial charge in [-0.15, -0.1) is 0 Å². The highest BCUT2D eigenvalue weighted by molar-refractivity contribution is 5.93. The van der Waals surface area contributed by atoms with E-state index in [0.29, 0.717) is 5.56 Å². The summed E-state index contributed by atoms with van der Waals surface area (Å²) in [6.07, 6.45) is 1.53. The van der Waals surface area contributed by atoms with Crippen LogP contribution in [-0.2, 0) is 59.2 Å². The number of H-pyrrole nitrogens is 1. The molecule has 0 unspecified atom stereocenters. The fourth-order valence-corrected chi connectivity index (χ4v) is 7.96. The van der Waals surface area contributed by atoms with Crippen LogP contribution in [0.2, 0.25) is 0 Å². The van der Waals surface area contributed by atoms with Crippen molar-refractivity contribution in [3.63, 3.8) is 0 Å². The van der Waals surface area contributed by atoms with E-state index in [1.807, 2.05) is 0 Å². The van der Waals surface area contributed by atoms with Crippen LogP contribution in [0.4, 0.5) is 0 Å². The Labute approximate surface area is 423 Å². The summed E-state index contributed by atoms with van der Waals surface area (Å²) < 4.78 is 0. The monoisotopic (exact) mass is 1050 g/mol. The van der Waals surface area contributed by atoms with Gasteiger partial charge in [0.05, 0.1) is 58.9 Å². The summed E-state index contributed by atoms with van der Waals surface area (Å²) in [6.45, 7) is -5.81. The molecule has 0 aliphatic carbocycles. The molecule has 13 N–H and O–H groups in total. The van der Waals surface area contributed by atoms with E-state index in [4.69, 9.17) is 5.73 Å². The lowest BCUT2D eigenvalue weighted by atomic mass is 10.0. The Morgan fingerprint density at radius 3 is 1.35 bits per heavy atom. The standard InChI is InChI=1S/C44H66N12O18/c45-43(73)32(17-29-18-46-31-4-2-1-3-30(29)31)49-44(74)33(19-47-34(57)20-55(26-40(67)68)15-13-54(25-39(65)66)14-16-56(27-41(69)70)28-42(71)72)48-35(58)21-50-5-7-51(22-36(59)60)9-11-53(24-38(63)64)12-10-52(8-6-50)23-37(61)62/h1-4,18,32-33,46H,5-17,19-28H2,(H2,45,73)(H,47,57)(H,48,58)(H,49,74)(H,59,60)(H,61,62)(H,63,64)(H,65,66)(H,67,68)(H,69,70)(H,71,72)/t32-,33-/m0/s1. The third-order valence-corrected chi connectivity index (χ3v) is 11.6. The number of nitrogens with one attached hydrogen (secondary N) is 4. The van der Waals surface area contributed by atoms with E-state index in [2.05, 4.69) is 20.9 Å². The van der Waals surface area contributed by atoms with Gasteiger partial charge in [0, 0.05) is 109 Å². The molecule has 2 heterocycles.